The summed E-state index contributed by atoms with van der Waals surface area (Å²) in [5.41, 5.74) is 12.0. The van der Waals surface area contributed by atoms with Crippen molar-refractivity contribution in [2.45, 2.75) is 0 Å². The van der Waals surface area contributed by atoms with Gasteiger partial charge in [0.05, 0.1) is 0 Å². The standard InChI is InChI=1S/C61H39N3/c1-3-14-40(15-4-1)45-22-11-23-50(37-45)58-54-25-10-8-19-43(54)34-35-56(58)61-63-59(62-60(64-61)55-27-13-21-44-28-29-48(39-57(44)55)41-16-5-2-6-17-41)51-33-31-46-36-49(32-30-47(46)38-51)53-26-12-20-42-18-7-9-24-52(42)53/h1-39H. The van der Waals surface area contributed by atoms with Crippen molar-refractivity contribution < 1.29 is 0 Å². The molecule has 0 N–H and O–H groups in total. The van der Waals surface area contributed by atoms with Gasteiger partial charge in [0.15, 0.2) is 17.5 Å². The van der Waals surface area contributed by atoms with Crippen molar-refractivity contribution in [3.05, 3.63) is 237 Å². The number of hydrogen-bond acceptors (Lipinski definition) is 3. The van der Waals surface area contributed by atoms with E-state index in [4.69, 9.17) is 15.0 Å². The third-order valence-electron chi connectivity index (χ3n) is 12.5. The van der Waals surface area contributed by atoms with Crippen LogP contribution in [0.4, 0.5) is 0 Å². The van der Waals surface area contributed by atoms with Crippen molar-refractivity contribution in [2.24, 2.45) is 0 Å². The maximum absolute atomic E-state index is 5.44. The average molecular weight is 814 g/mol. The van der Waals surface area contributed by atoms with Crippen LogP contribution in [0.25, 0.3) is 122 Å². The molecule has 1 aromatic heterocycles. The maximum atomic E-state index is 5.44. The highest BCUT2D eigenvalue weighted by molar-refractivity contribution is 6.05. The zero-order chi connectivity index (χ0) is 42.4. The van der Waals surface area contributed by atoms with Gasteiger partial charge in [-0.2, -0.15) is 0 Å². The van der Waals surface area contributed by atoms with E-state index in [1.54, 1.807) is 0 Å². The first-order valence-electron chi connectivity index (χ1n) is 21.8. The Morgan fingerprint density at radius 1 is 0.203 bits per heavy atom. The van der Waals surface area contributed by atoms with E-state index < -0.39 is 0 Å². The van der Waals surface area contributed by atoms with Crippen molar-refractivity contribution >= 4 is 43.1 Å². The first-order chi connectivity index (χ1) is 31.7. The number of nitrogens with zero attached hydrogens (tertiary/aromatic N) is 3. The predicted octanol–water partition coefficient (Wildman–Crippen LogP) is 16.2. The second-order valence-corrected chi connectivity index (χ2v) is 16.4. The minimum absolute atomic E-state index is 0.619. The van der Waals surface area contributed by atoms with Crippen LogP contribution in [0.2, 0.25) is 0 Å². The monoisotopic (exact) mass is 813 g/mol. The molecule has 0 saturated carbocycles. The molecule has 0 bridgehead atoms. The highest BCUT2D eigenvalue weighted by atomic mass is 15.0. The molecule has 0 amide bonds. The number of benzene rings is 11. The summed E-state index contributed by atoms with van der Waals surface area (Å²) >= 11 is 0. The molecule has 11 aromatic carbocycles. The fourth-order valence-corrected chi connectivity index (χ4v) is 9.31. The van der Waals surface area contributed by atoms with Crippen LogP contribution in [0.15, 0.2) is 237 Å². The Kier molecular flexibility index (Phi) is 9.16. The van der Waals surface area contributed by atoms with Crippen LogP contribution in [0.3, 0.4) is 0 Å². The molecule has 0 spiro atoms. The second-order valence-electron chi connectivity index (χ2n) is 16.4. The van der Waals surface area contributed by atoms with Crippen molar-refractivity contribution in [3.63, 3.8) is 0 Å². The molecule has 64 heavy (non-hydrogen) atoms. The smallest absolute Gasteiger partial charge is 0.164 e. The van der Waals surface area contributed by atoms with E-state index >= 15 is 0 Å². The third-order valence-corrected chi connectivity index (χ3v) is 12.5. The molecule has 0 radical (unpaired) electrons. The summed E-state index contributed by atoms with van der Waals surface area (Å²) in [7, 11) is 0. The zero-order valence-electron chi connectivity index (χ0n) is 34.9. The molecule has 3 nitrogen and oxygen atoms in total. The summed E-state index contributed by atoms with van der Waals surface area (Å²) in [4.78, 5) is 16.2. The van der Waals surface area contributed by atoms with Crippen LogP contribution in [0, 0.1) is 0 Å². The first-order valence-corrected chi connectivity index (χ1v) is 21.8. The summed E-state index contributed by atoms with van der Waals surface area (Å²) in [6, 6.07) is 84.3. The number of hydrogen-bond donors (Lipinski definition) is 0. The molecule has 0 atom stereocenters. The fraction of sp³-hybridized carbons (Fsp3) is 0. The Hall–Kier alpha value is -8.53. The molecular weight excluding hydrogens is 775 g/mol. The third kappa shape index (κ3) is 6.77. The molecule has 12 aromatic rings. The van der Waals surface area contributed by atoms with Gasteiger partial charge in [-0.25, -0.2) is 15.0 Å². The van der Waals surface area contributed by atoms with Gasteiger partial charge in [-0.15, -0.1) is 0 Å². The molecule has 0 unspecified atom stereocenters. The topological polar surface area (TPSA) is 38.7 Å². The molecular formula is C61H39N3. The lowest BCUT2D eigenvalue weighted by Gasteiger charge is -2.16. The van der Waals surface area contributed by atoms with E-state index in [9.17, 15) is 0 Å². The Bertz CT molecular complexity index is 3720. The number of aromatic nitrogens is 3. The Morgan fingerprint density at radius 2 is 0.672 bits per heavy atom. The summed E-state index contributed by atoms with van der Waals surface area (Å²) in [5, 5.41) is 9.25. The van der Waals surface area contributed by atoms with E-state index in [0.717, 1.165) is 76.8 Å². The van der Waals surface area contributed by atoms with Crippen molar-refractivity contribution in [1.29, 1.82) is 0 Å². The lowest BCUT2D eigenvalue weighted by atomic mass is 9.91. The molecule has 298 valence electrons. The van der Waals surface area contributed by atoms with Crippen LogP contribution < -0.4 is 0 Å². The molecule has 0 aliphatic heterocycles. The van der Waals surface area contributed by atoms with Crippen molar-refractivity contribution in [3.8, 4) is 78.7 Å². The van der Waals surface area contributed by atoms with Crippen LogP contribution in [0.5, 0.6) is 0 Å². The van der Waals surface area contributed by atoms with Gasteiger partial charge in [-0.05, 0) is 112 Å². The van der Waals surface area contributed by atoms with Gasteiger partial charge in [-0.1, -0.05) is 206 Å². The molecule has 3 heteroatoms. The molecule has 1 heterocycles. The van der Waals surface area contributed by atoms with Gasteiger partial charge < -0.3 is 0 Å². The summed E-state index contributed by atoms with van der Waals surface area (Å²) < 4.78 is 0. The fourth-order valence-electron chi connectivity index (χ4n) is 9.31. The SMILES string of the molecule is c1ccc(-c2cccc(-c3c(-c4nc(-c5ccc6cc(-c7cccc8ccccc78)ccc6c5)nc(-c5cccc6ccc(-c7ccccc7)cc56)n4)ccc4ccccc34)c2)cc1. The normalized spacial score (nSPS) is 11.4. The van der Waals surface area contributed by atoms with Gasteiger partial charge in [0.1, 0.15) is 0 Å². The van der Waals surface area contributed by atoms with E-state index in [1.807, 2.05) is 0 Å². The number of rotatable bonds is 7. The predicted molar refractivity (Wildman–Crippen MR) is 268 cm³/mol. The van der Waals surface area contributed by atoms with Crippen molar-refractivity contribution in [1.82, 2.24) is 15.0 Å². The molecule has 0 aliphatic carbocycles. The Morgan fingerprint density at radius 3 is 1.42 bits per heavy atom. The van der Waals surface area contributed by atoms with Crippen LogP contribution in [0.1, 0.15) is 0 Å². The van der Waals surface area contributed by atoms with Gasteiger partial charge >= 0.3 is 0 Å². The minimum atomic E-state index is 0.619. The highest BCUT2D eigenvalue weighted by Crippen LogP contribution is 2.41. The largest absolute Gasteiger partial charge is 0.208 e. The lowest BCUT2D eigenvalue weighted by Crippen LogP contribution is -2.02. The van der Waals surface area contributed by atoms with Crippen molar-refractivity contribution in [2.75, 3.05) is 0 Å². The average Bonchev–Trinajstić information content (AvgIpc) is 3.38. The second kappa shape index (κ2) is 15.7. The summed E-state index contributed by atoms with van der Waals surface area (Å²) in [6.45, 7) is 0. The van der Waals surface area contributed by atoms with Gasteiger partial charge in [0, 0.05) is 22.3 Å². The van der Waals surface area contributed by atoms with Crippen LogP contribution in [-0.2, 0) is 0 Å². The van der Waals surface area contributed by atoms with Crippen LogP contribution in [-0.4, -0.2) is 15.0 Å². The maximum Gasteiger partial charge on any atom is 0.164 e. The lowest BCUT2D eigenvalue weighted by molar-refractivity contribution is 1.08. The molecule has 0 aliphatic rings. The van der Waals surface area contributed by atoms with E-state index in [1.165, 1.54) is 27.5 Å². The number of fused-ring (bicyclic) bond motifs is 4. The Balaban J connectivity index is 1.07. The quantitative estimate of drug-likeness (QED) is 0.161. The summed E-state index contributed by atoms with van der Waals surface area (Å²) in [6.07, 6.45) is 0. The van der Waals surface area contributed by atoms with Gasteiger partial charge in [0.2, 0.25) is 0 Å². The highest BCUT2D eigenvalue weighted by Gasteiger charge is 2.20. The van der Waals surface area contributed by atoms with Gasteiger partial charge in [0.25, 0.3) is 0 Å². The molecule has 0 saturated heterocycles. The summed E-state index contributed by atoms with van der Waals surface area (Å²) in [5.74, 6) is 1.86. The molecule has 0 fully saturated rings. The van der Waals surface area contributed by atoms with E-state index in [2.05, 4.69) is 237 Å². The van der Waals surface area contributed by atoms with E-state index in [-0.39, 0.29) is 0 Å². The minimum Gasteiger partial charge on any atom is -0.208 e. The van der Waals surface area contributed by atoms with Gasteiger partial charge in [-0.3, -0.25) is 0 Å². The van der Waals surface area contributed by atoms with E-state index in [0.29, 0.717) is 17.5 Å². The molecule has 12 rings (SSSR count). The Labute approximate surface area is 371 Å². The first kappa shape index (κ1) is 37.2. The van der Waals surface area contributed by atoms with Crippen LogP contribution >= 0.6 is 0 Å². The zero-order valence-corrected chi connectivity index (χ0v) is 34.9.